The summed E-state index contributed by atoms with van der Waals surface area (Å²) in [5.74, 6) is -2.90. The molecule has 0 bridgehead atoms. The molecule has 3 saturated heterocycles. The van der Waals surface area contributed by atoms with Gasteiger partial charge >= 0.3 is 0 Å². The van der Waals surface area contributed by atoms with E-state index in [9.17, 15) is 8.78 Å². The maximum absolute atomic E-state index is 14.5. The lowest BCUT2D eigenvalue weighted by atomic mass is 9.77. The van der Waals surface area contributed by atoms with Gasteiger partial charge in [-0.05, 0) is 44.7 Å². The number of ether oxygens (including phenoxy) is 2. The highest BCUT2D eigenvalue weighted by Gasteiger charge is 2.60. The van der Waals surface area contributed by atoms with E-state index in [1.807, 2.05) is 17.7 Å². The molecule has 188 valence electrons. The minimum absolute atomic E-state index is 0.0630. The van der Waals surface area contributed by atoms with Crippen molar-refractivity contribution >= 4 is 23.4 Å². The van der Waals surface area contributed by atoms with Crippen molar-refractivity contribution in [2.45, 2.75) is 62.0 Å². The number of hydrogen-bond acceptors (Lipinski definition) is 6. The van der Waals surface area contributed by atoms with E-state index in [-0.39, 0.29) is 11.4 Å². The molecule has 0 radical (unpaired) electrons. The molecular formula is C25H29ClF2N4O2S. The number of fused-ring (bicyclic) bond motifs is 2. The quantitative estimate of drug-likeness (QED) is 0.547. The molecule has 6 heterocycles. The van der Waals surface area contributed by atoms with Crippen LogP contribution in [0.25, 0.3) is 5.82 Å². The van der Waals surface area contributed by atoms with Gasteiger partial charge in [0, 0.05) is 49.8 Å². The topological polar surface area (TPSA) is 52.4 Å². The average Bonchev–Trinajstić information content (AvgIpc) is 3.60. The van der Waals surface area contributed by atoms with Crippen LogP contribution in [0.15, 0.2) is 35.0 Å². The Kier molecular flexibility index (Phi) is 6.20. The molecule has 6 nitrogen and oxygen atoms in total. The first kappa shape index (κ1) is 23.9. The molecule has 35 heavy (non-hydrogen) atoms. The fourth-order valence-electron chi connectivity index (χ4n) is 5.85. The Labute approximate surface area is 213 Å². The lowest BCUT2D eigenvalue weighted by Gasteiger charge is -2.51. The van der Waals surface area contributed by atoms with Gasteiger partial charge in [0.15, 0.2) is 5.82 Å². The van der Waals surface area contributed by atoms with Crippen molar-refractivity contribution in [2.24, 2.45) is 5.92 Å². The molecule has 0 amide bonds. The predicted octanol–water partition coefficient (Wildman–Crippen LogP) is 5.24. The molecule has 10 heteroatoms. The molecule has 3 atom stereocenters. The summed E-state index contributed by atoms with van der Waals surface area (Å²) < 4.78 is 43.1. The van der Waals surface area contributed by atoms with Gasteiger partial charge in [-0.15, -0.1) is 11.8 Å². The summed E-state index contributed by atoms with van der Waals surface area (Å²) >= 11 is 7.53. The minimum Gasteiger partial charge on any atom is -0.373 e. The van der Waals surface area contributed by atoms with Gasteiger partial charge in [0.05, 0.1) is 32.9 Å². The number of rotatable bonds is 4. The Morgan fingerprint density at radius 1 is 1.29 bits per heavy atom. The van der Waals surface area contributed by atoms with Crippen LogP contribution in [0.1, 0.15) is 48.6 Å². The zero-order valence-electron chi connectivity index (χ0n) is 19.6. The summed E-state index contributed by atoms with van der Waals surface area (Å²) in [7, 11) is 0. The van der Waals surface area contributed by atoms with Gasteiger partial charge < -0.3 is 9.47 Å². The fourth-order valence-corrected chi connectivity index (χ4v) is 7.69. The van der Waals surface area contributed by atoms with E-state index in [1.54, 1.807) is 6.20 Å². The summed E-state index contributed by atoms with van der Waals surface area (Å²) in [6, 6.07) is 4.02. The van der Waals surface area contributed by atoms with Crippen molar-refractivity contribution in [3.05, 3.63) is 51.8 Å². The molecule has 4 aliphatic rings. The predicted molar refractivity (Wildman–Crippen MR) is 131 cm³/mol. The molecule has 2 aromatic heterocycles. The zero-order valence-corrected chi connectivity index (χ0v) is 21.2. The van der Waals surface area contributed by atoms with E-state index in [0.29, 0.717) is 17.2 Å². The van der Waals surface area contributed by atoms with Crippen LogP contribution in [0.5, 0.6) is 0 Å². The number of likely N-dealkylation sites (tertiary alicyclic amines) is 1. The van der Waals surface area contributed by atoms with E-state index < -0.39 is 24.0 Å². The number of aryl methyl sites for hydroxylation is 1. The van der Waals surface area contributed by atoms with Gasteiger partial charge in [-0.2, -0.15) is 5.10 Å². The second-order valence-corrected chi connectivity index (χ2v) is 11.8. The summed E-state index contributed by atoms with van der Waals surface area (Å²) in [5, 5.41) is 4.44. The summed E-state index contributed by atoms with van der Waals surface area (Å²) in [4.78, 5) is 6.97. The van der Waals surface area contributed by atoms with Crippen LogP contribution >= 0.6 is 23.4 Å². The standard InChI is InChI=1S/C25H29ClF2N4O2S/c1-16-17(14-32(30-16)23-18(4-2-8-29-23)20-5-3-11-33-20)13-31-9-6-24(7-10-31)22-19(12-21(26)35-22)25(27,28)15-34-24/h2,4,8,12,14,19-20,22H,3,5-7,9-11,13,15H2,1H3. The SMILES string of the molecule is Cc1nn(-c2ncccc2C2CCCO2)cc1CN1CCC2(CC1)OCC(F)(F)C1C=C(Cl)SC12. The van der Waals surface area contributed by atoms with Gasteiger partial charge in [0.25, 0.3) is 5.92 Å². The number of allylic oxidation sites excluding steroid dienone is 1. The Balaban J connectivity index is 1.15. The van der Waals surface area contributed by atoms with E-state index in [2.05, 4.69) is 22.1 Å². The summed E-state index contributed by atoms with van der Waals surface area (Å²) in [6.45, 7) is 4.58. The van der Waals surface area contributed by atoms with Crippen LogP contribution < -0.4 is 0 Å². The third-order valence-corrected chi connectivity index (χ3v) is 9.57. The monoisotopic (exact) mass is 522 g/mol. The maximum atomic E-state index is 14.5. The normalized spacial score (nSPS) is 29.9. The van der Waals surface area contributed by atoms with Crippen molar-refractivity contribution in [1.82, 2.24) is 19.7 Å². The van der Waals surface area contributed by atoms with Gasteiger partial charge in [0.2, 0.25) is 0 Å². The fraction of sp³-hybridized carbons (Fsp3) is 0.600. The minimum atomic E-state index is -2.86. The molecule has 3 fully saturated rings. The van der Waals surface area contributed by atoms with Gasteiger partial charge in [-0.25, -0.2) is 18.4 Å². The first-order chi connectivity index (χ1) is 16.8. The molecule has 3 unspecified atom stereocenters. The Morgan fingerprint density at radius 3 is 2.89 bits per heavy atom. The molecule has 0 aliphatic carbocycles. The number of halogens is 3. The number of alkyl halides is 2. The third kappa shape index (κ3) is 4.33. The highest BCUT2D eigenvalue weighted by molar-refractivity contribution is 8.05. The van der Waals surface area contributed by atoms with Crippen molar-refractivity contribution < 1.29 is 18.3 Å². The van der Waals surface area contributed by atoms with E-state index >= 15 is 0 Å². The van der Waals surface area contributed by atoms with Crippen LogP contribution in [0.2, 0.25) is 0 Å². The van der Waals surface area contributed by atoms with Crippen LogP contribution in [0.4, 0.5) is 8.78 Å². The van der Waals surface area contributed by atoms with E-state index in [4.69, 9.17) is 26.2 Å². The number of piperidine rings is 1. The first-order valence-corrected chi connectivity index (χ1v) is 13.5. The number of pyridine rings is 1. The second-order valence-electron chi connectivity index (χ2n) is 10.0. The van der Waals surface area contributed by atoms with E-state index in [0.717, 1.165) is 61.7 Å². The second kappa shape index (κ2) is 9.10. The highest BCUT2D eigenvalue weighted by atomic mass is 35.5. The molecule has 1 spiro atoms. The van der Waals surface area contributed by atoms with Crippen LogP contribution in [0.3, 0.4) is 0 Å². The lowest BCUT2D eigenvalue weighted by Crippen LogP contribution is -2.61. The van der Waals surface area contributed by atoms with Gasteiger partial charge in [-0.3, -0.25) is 4.90 Å². The first-order valence-electron chi connectivity index (χ1n) is 12.2. The number of aromatic nitrogens is 3. The zero-order chi connectivity index (χ0) is 24.2. The third-order valence-electron chi connectivity index (χ3n) is 7.84. The summed E-state index contributed by atoms with van der Waals surface area (Å²) in [6.07, 6.45) is 8.93. The highest BCUT2D eigenvalue weighted by Crippen LogP contribution is 2.56. The van der Waals surface area contributed by atoms with Crippen molar-refractivity contribution in [1.29, 1.82) is 0 Å². The molecule has 6 rings (SSSR count). The average molecular weight is 523 g/mol. The Morgan fingerprint density at radius 2 is 2.11 bits per heavy atom. The Hall–Kier alpha value is -1.52. The van der Waals surface area contributed by atoms with Crippen LogP contribution in [-0.4, -0.2) is 62.7 Å². The molecule has 2 aromatic rings. The number of hydrogen-bond donors (Lipinski definition) is 0. The largest absolute Gasteiger partial charge is 0.373 e. The van der Waals surface area contributed by atoms with Crippen molar-refractivity contribution in [2.75, 3.05) is 26.3 Å². The molecule has 0 aromatic carbocycles. The Bertz CT molecular complexity index is 1130. The maximum Gasteiger partial charge on any atom is 0.278 e. The van der Waals surface area contributed by atoms with Crippen molar-refractivity contribution in [3.8, 4) is 5.82 Å². The number of nitrogens with zero attached hydrogens (tertiary/aromatic N) is 4. The molecule has 4 aliphatic heterocycles. The van der Waals surface area contributed by atoms with Crippen LogP contribution in [0, 0.1) is 12.8 Å². The van der Waals surface area contributed by atoms with Gasteiger partial charge in [0.1, 0.15) is 6.61 Å². The van der Waals surface area contributed by atoms with Crippen molar-refractivity contribution in [3.63, 3.8) is 0 Å². The number of thioether (sulfide) groups is 1. The lowest BCUT2D eigenvalue weighted by molar-refractivity contribution is -0.215. The van der Waals surface area contributed by atoms with Gasteiger partial charge in [-0.1, -0.05) is 17.7 Å². The molecular weight excluding hydrogens is 494 g/mol. The van der Waals surface area contributed by atoms with E-state index in [1.165, 1.54) is 17.8 Å². The smallest absolute Gasteiger partial charge is 0.278 e. The molecule has 0 saturated carbocycles. The summed E-state index contributed by atoms with van der Waals surface area (Å²) in [5.41, 5.74) is 2.62. The van der Waals surface area contributed by atoms with Crippen LogP contribution in [-0.2, 0) is 16.0 Å². The molecule has 0 N–H and O–H groups in total.